The molecule has 0 saturated heterocycles. The molecule has 1 aromatic heterocycles. The lowest BCUT2D eigenvalue weighted by Crippen LogP contribution is -2.00. The van der Waals surface area contributed by atoms with E-state index in [0.717, 1.165) is 5.56 Å². The summed E-state index contributed by atoms with van der Waals surface area (Å²) in [5.74, 6) is 0. The fourth-order valence-corrected chi connectivity index (χ4v) is 1.28. The minimum Gasteiger partial charge on any atom is -0.384 e. The predicted molar refractivity (Wildman–Crippen MR) is 52.5 cm³/mol. The maximum absolute atomic E-state index is 9.91. The molecule has 0 fully saturated rings. The fraction of sp³-hybridized carbons (Fsp3) is 0.0909. The van der Waals surface area contributed by atoms with Gasteiger partial charge in [0.25, 0.3) is 0 Å². The van der Waals surface area contributed by atoms with Crippen LogP contribution in [0.5, 0.6) is 0 Å². The summed E-state index contributed by atoms with van der Waals surface area (Å²) < 4.78 is 0. The van der Waals surface area contributed by atoms with Crippen LogP contribution in [-0.2, 0) is 0 Å². The highest BCUT2D eigenvalue weighted by atomic mass is 16.3. The molecular weight excluding hydrogens is 176 g/mol. The number of hydrogen-bond donors (Lipinski definition) is 1. The van der Waals surface area contributed by atoms with Crippen molar-refractivity contribution < 1.29 is 5.11 Å². The highest BCUT2D eigenvalue weighted by Gasteiger charge is 2.09. The Morgan fingerprint density at radius 3 is 2.21 bits per heavy atom. The van der Waals surface area contributed by atoms with E-state index in [1.165, 1.54) is 6.33 Å². The van der Waals surface area contributed by atoms with Gasteiger partial charge in [0.1, 0.15) is 12.4 Å². The summed E-state index contributed by atoms with van der Waals surface area (Å²) in [5.41, 5.74) is 1.56. The smallest absolute Gasteiger partial charge is 0.115 e. The van der Waals surface area contributed by atoms with Crippen LogP contribution in [0.3, 0.4) is 0 Å². The molecule has 0 saturated carbocycles. The van der Waals surface area contributed by atoms with Gasteiger partial charge in [0.05, 0.1) is 0 Å². The van der Waals surface area contributed by atoms with Crippen LogP contribution in [0.4, 0.5) is 0 Å². The van der Waals surface area contributed by atoms with Crippen LogP contribution in [0, 0.1) is 0 Å². The van der Waals surface area contributed by atoms with Crippen LogP contribution >= 0.6 is 0 Å². The van der Waals surface area contributed by atoms with Gasteiger partial charge < -0.3 is 5.11 Å². The SMILES string of the molecule is O[C@H](c1ccccc1)c1cncnc1. The van der Waals surface area contributed by atoms with Crippen LogP contribution < -0.4 is 0 Å². The van der Waals surface area contributed by atoms with E-state index in [-0.39, 0.29) is 0 Å². The van der Waals surface area contributed by atoms with Crippen molar-refractivity contribution in [1.29, 1.82) is 0 Å². The van der Waals surface area contributed by atoms with E-state index in [9.17, 15) is 5.11 Å². The maximum Gasteiger partial charge on any atom is 0.115 e. The average Bonchev–Trinajstić information content (AvgIpc) is 2.30. The lowest BCUT2D eigenvalue weighted by Gasteiger charge is -2.09. The van der Waals surface area contributed by atoms with E-state index in [1.54, 1.807) is 12.4 Å². The van der Waals surface area contributed by atoms with Crippen molar-refractivity contribution in [3.05, 3.63) is 60.2 Å². The molecule has 0 aliphatic carbocycles. The van der Waals surface area contributed by atoms with E-state index in [2.05, 4.69) is 9.97 Å². The van der Waals surface area contributed by atoms with Gasteiger partial charge in [-0.05, 0) is 5.56 Å². The highest BCUT2D eigenvalue weighted by molar-refractivity contribution is 5.26. The monoisotopic (exact) mass is 186 g/mol. The standard InChI is InChI=1S/C11H10N2O/c14-11(9-4-2-1-3-5-9)10-6-12-8-13-7-10/h1-8,11,14H/t11-/m1/s1. The second-order valence-corrected chi connectivity index (χ2v) is 2.99. The Morgan fingerprint density at radius 1 is 0.929 bits per heavy atom. The van der Waals surface area contributed by atoms with Gasteiger partial charge in [-0.3, -0.25) is 0 Å². The zero-order valence-corrected chi connectivity index (χ0v) is 7.54. The maximum atomic E-state index is 9.91. The lowest BCUT2D eigenvalue weighted by atomic mass is 10.1. The van der Waals surface area contributed by atoms with Crippen molar-refractivity contribution >= 4 is 0 Å². The molecule has 0 aliphatic heterocycles. The third-order valence-electron chi connectivity index (χ3n) is 2.01. The zero-order valence-electron chi connectivity index (χ0n) is 7.54. The molecule has 1 heterocycles. The third kappa shape index (κ3) is 1.78. The first-order valence-electron chi connectivity index (χ1n) is 4.36. The van der Waals surface area contributed by atoms with Crippen molar-refractivity contribution in [2.45, 2.75) is 6.10 Å². The zero-order chi connectivity index (χ0) is 9.80. The summed E-state index contributed by atoms with van der Waals surface area (Å²) in [5, 5.41) is 9.91. The molecule has 70 valence electrons. The molecule has 0 aliphatic rings. The first-order chi connectivity index (χ1) is 6.88. The number of nitrogens with zero attached hydrogens (tertiary/aromatic N) is 2. The van der Waals surface area contributed by atoms with Gasteiger partial charge in [-0.15, -0.1) is 0 Å². The minimum atomic E-state index is -0.641. The minimum absolute atomic E-state index is 0.641. The Bertz CT molecular complexity index is 349. The van der Waals surface area contributed by atoms with Gasteiger partial charge in [0.15, 0.2) is 0 Å². The Hall–Kier alpha value is -1.74. The van der Waals surface area contributed by atoms with Gasteiger partial charge in [0.2, 0.25) is 0 Å². The molecule has 0 unspecified atom stereocenters. The lowest BCUT2D eigenvalue weighted by molar-refractivity contribution is 0.219. The summed E-state index contributed by atoms with van der Waals surface area (Å²) in [4.78, 5) is 7.72. The van der Waals surface area contributed by atoms with Crippen LogP contribution in [0.2, 0.25) is 0 Å². The number of hydrogen-bond acceptors (Lipinski definition) is 3. The molecule has 0 radical (unpaired) electrons. The number of aliphatic hydroxyl groups excluding tert-OH is 1. The van der Waals surface area contributed by atoms with Gasteiger partial charge in [0, 0.05) is 18.0 Å². The first-order valence-corrected chi connectivity index (χ1v) is 4.36. The van der Waals surface area contributed by atoms with Gasteiger partial charge >= 0.3 is 0 Å². The second-order valence-electron chi connectivity index (χ2n) is 2.99. The summed E-state index contributed by atoms with van der Waals surface area (Å²) in [7, 11) is 0. The van der Waals surface area contributed by atoms with E-state index >= 15 is 0 Å². The van der Waals surface area contributed by atoms with Crippen LogP contribution in [0.25, 0.3) is 0 Å². The van der Waals surface area contributed by atoms with Crippen molar-refractivity contribution in [3.8, 4) is 0 Å². The Labute approximate surface area is 82.1 Å². The van der Waals surface area contributed by atoms with E-state index in [4.69, 9.17) is 0 Å². The van der Waals surface area contributed by atoms with Gasteiger partial charge in [-0.25, -0.2) is 9.97 Å². The van der Waals surface area contributed by atoms with Crippen molar-refractivity contribution in [3.63, 3.8) is 0 Å². The number of rotatable bonds is 2. The molecule has 0 amide bonds. The van der Waals surface area contributed by atoms with E-state index < -0.39 is 6.10 Å². The fourth-order valence-electron chi connectivity index (χ4n) is 1.28. The van der Waals surface area contributed by atoms with Crippen molar-refractivity contribution in [2.75, 3.05) is 0 Å². The van der Waals surface area contributed by atoms with E-state index in [1.807, 2.05) is 30.3 Å². The van der Waals surface area contributed by atoms with Crippen LogP contribution in [0.1, 0.15) is 17.2 Å². The molecule has 3 nitrogen and oxygen atoms in total. The molecule has 2 aromatic rings. The second kappa shape index (κ2) is 3.98. The summed E-state index contributed by atoms with van der Waals surface area (Å²) >= 11 is 0. The third-order valence-corrected chi connectivity index (χ3v) is 2.01. The normalized spacial score (nSPS) is 12.4. The average molecular weight is 186 g/mol. The largest absolute Gasteiger partial charge is 0.384 e. The summed E-state index contributed by atoms with van der Waals surface area (Å²) in [6, 6.07) is 9.44. The molecular formula is C11H10N2O. The molecule has 3 heteroatoms. The topological polar surface area (TPSA) is 46.0 Å². The van der Waals surface area contributed by atoms with E-state index in [0.29, 0.717) is 5.56 Å². The molecule has 1 N–H and O–H groups in total. The number of aromatic nitrogens is 2. The summed E-state index contributed by atoms with van der Waals surface area (Å²) in [6.07, 6.45) is 4.04. The molecule has 0 bridgehead atoms. The van der Waals surface area contributed by atoms with Crippen LogP contribution in [-0.4, -0.2) is 15.1 Å². The molecule has 14 heavy (non-hydrogen) atoms. The molecule has 1 atom stereocenters. The summed E-state index contributed by atoms with van der Waals surface area (Å²) in [6.45, 7) is 0. The van der Waals surface area contributed by atoms with Crippen molar-refractivity contribution in [1.82, 2.24) is 9.97 Å². The number of benzene rings is 1. The highest BCUT2D eigenvalue weighted by Crippen LogP contribution is 2.19. The molecule has 0 spiro atoms. The predicted octanol–water partition coefficient (Wildman–Crippen LogP) is 1.56. The Balaban J connectivity index is 2.30. The number of aliphatic hydroxyl groups is 1. The quantitative estimate of drug-likeness (QED) is 0.774. The van der Waals surface area contributed by atoms with Crippen molar-refractivity contribution in [2.24, 2.45) is 0 Å². The molecule has 1 aromatic carbocycles. The van der Waals surface area contributed by atoms with Crippen LogP contribution in [0.15, 0.2) is 49.1 Å². The van der Waals surface area contributed by atoms with Gasteiger partial charge in [-0.2, -0.15) is 0 Å². The Morgan fingerprint density at radius 2 is 1.57 bits per heavy atom. The first kappa shape index (κ1) is 8.84. The Kier molecular flexibility index (Phi) is 2.51. The van der Waals surface area contributed by atoms with Gasteiger partial charge in [-0.1, -0.05) is 30.3 Å². The molecule has 2 rings (SSSR count).